The highest BCUT2D eigenvalue weighted by molar-refractivity contribution is 7.22. The van der Waals surface area contributed by atoms with Crippen LogP contribution in [0.5, 0.6) is 5.75 Å². The maximum atomic E-state index is 13.4. The summed E-state index contributed by atoms with van der Waals surface area (Å²) in [6.45, 7) is 3.76. The lowest BCUT2D eigenvalue weighted by molar-refractivity contribution is -0.132. The van der Waals surface area contributed by atoms with Gasteiger partial charge in [0.1, 0.15) is 11.5 Å². The molecule has 0 aliphatic carbocycles. The molecule has 0 bridgehead atoms. The Kier molecular flexibility index (Phi) is 5.37. The zero-order valence-electron chi connectivity index (χ0n) is 18.8. The predicted molar refractivity (Wildman–Crippen MR) is 131 cm³/mol. The van der Waals surface area contributed by atoms with Crippen LogP contribution in [0.1, 0.15) is 28.3 Å². The van der Waals surface area contributed by atoms with E-state index in [1.54, 1.807) is 30.6 Å². The molecule has 0 saturated carbocycles. The Bertz CT molecular complexity index is 1440. The molecular formula is C26H21N3O4S. The number of aryl methyl sites for hydroxylation is 2. The first-order chi connectivity index (χ1) is 16.4. The van der Waals surface area contributed by atoms with Crippen molar-refractivity contribution in [1.29, 1.82) is 0 Å². The third-order valence-corrected chi connectivity index (χ3v) is 6.87. The number of amides is 1. The van der Waals surface area contributed by atoms with Crippen molar-refractivity contribution in [2.24, 2.45) is 0 Å². The average molecular weight is 472 g/mol. The number of benzene rings is 2. The Morgan fingerprint density at radius 1 is 1.09 bits per heavy atom. The van der Waals surface area contributed by atoms with E-state index in [-0.39, 0.29) is 11.3 Å². The van der Waals surface area contributed by atoms with Crippen molar-refractivity contribution in [1.82, 2.24) is 9.97 Å². The van der Waals surface area contributed by atoms with Gasteiger partial charge in [0.2, 0.25) is 0 Å². The third kappa shape index (κ3) is 3.43. The molecular weight excluding hydrogens is 450 g/mol. The Hall–Kier alpha value is -4.04. The van der Waals surface area contributed by atoms with Gasteiger partial charge < -0.3 is 9.84 Å². The molecule has 0 spiro atoms. The summed E-state index contributed by atoms with van der Waals surface area (Å²) in [7, 11) is 1.51. The molecule has 1 N–H and O–H groups in total. The predicted octanol–water partition coefficient (Wildman–Crippen LogP) is 4.94. The molecule has 0 radical (unpaired) electrons. The highest BCUT2D eigenvalue weighted by Crippen LogP contribution is 2.45. The number of ether oxygens (including phenoxy) is 1. The summed E-state index contributed by atoms with van der Waals surface area (Å²) in [5, 5.41) is 11.9. The molecule has 8 heteroatoms. The molecule has 170 valence electrons. The number of ketones is 1. The fourth-order valence-electron chi connectivity index (χ4n) is 4.40. The van der Waals surface area contributed by atoms with Crippen LogP contribution in [0.4, 0.5) is 5.13 Å². The molecule has 1 fully saturated rings. The van der Waals surface area contributed by atoms with E-state index in [1.807, 2.05) is 44.2 Å². The van der Waals surface area contributed by atoms with E-state index >= 15 is 0 Å². The normalized spacial score (nSPS) is 17.5. The second-order valence-electron chi connectivity index (χ2n) is 8.08. The highest BCUT2D eigenvalue weighted by atomic mass is 32.1. The first kappa shape index (κ1) is 21.8. The van der Waals surface area contributed by atoms with E-state index in [2.05, 4.69) is 9.97 Å². The third-order valence-electron chi connectivity index (χ3n) is 5.83. The maximum Gasteiger partial charge on any atom is 0.301 e. The van der Waals surface area contributed by atoms with Crippen LogP contribution in [-0.2, 0) is 9.59 Å². The molecule has 2 aromatic carbocycles. The molecule has 1 atom stereocenters. The van der Waals surface area contributed by atoms with Crippen LogP contribution in [-0.4, -0.2) is 33.9 Å². The average Bonchev–Trinajstić information content (AvgIpc) is 3.37. The number of anilines is 1. The molecule has 1 aliphatic rings. The standard InChI is InChI=1S/C26H21N3O4S/c1-14-12-15(2)24(33-3)17(13-14)22(30)20-21(16-8-10-27-11-9-16)29(25(32)23(20)31)26-28-18-6-4-5-7-19(18)34-26/h4-13,21,30H,1-3H3/b22-20+. The van der Waals surface area contributed by atoms with Crippen molar-refractivity contribution >= 4 is 44.1 Å². The molecule has 1 unspecified atom stereocenters. The first-order valence-electron chi connectivity index (χ1n) is 10.6. The molecule has 1 amide bonds. The summed E-state index contributed by atoms with van der Waals surface area (Å²) in [5.41, 5.74) is 3.41. The monoisotopic (exact) mass is 471 g/mol. The van der Waals surface area contributed by atoms with Crippen molar-refractivity contribution in [3.63, 3.8) is 0 Å². The van der Waals surface area contributed by atoms with Crippen molar-refractivity contribution in [3.8, 4) is 5.75 Å². The van der Waals surface area contributed by atoms with Crippen LogP contribution in [0.25, 0.3) is 16.0 Å². The summed E-state index contributed by atoms with van der Waals surface area (Å²) < 4.78 is 6.43. The van der Waals surface area contributed by atoms with E-state index in [4.69, 9.17) is 4.74 Å². The van der Waals surface area contributed by atoms with Crippen LogP contribution in [0.2, 0.25) is 0 Å². The smallest absolute Gasteiger partial charge is 0.301 e. The van der Waals surface area contributed by atoms with Gasteiger partial charge >= 0.3 is 5.91 Å². The number of rotatable bonds is 4. The molecule has 1 aliphatic heterocycles. The summed E-state index contributed by atoms with van der Waals surface area (Å²) in [6, 6.07) is 13.8. The van der Waals surface area contributed by atoms with Crippen LogP contribution < -0.4 is 9.64 Å². The van der Waals surface area contributed by atoms with Crippen LogP contribution in [0.15, 0.2) is 66.5 Å². The van der Waals surface area contributed by atoms with Gasteiger partial charge in [0, 0.05) is 12.4 Å². The van der Waals surface area contributed by atoms with Gasteiger partial charge in [-0.2, -0.15) is 0 Å². The largest absolute Gasteiger partial charge is 0.507 e. The number of aliphatic hydroxyl groups excluding tert-OH is 1. The molecule has 2 aromatic heterocycles. The topological polar surface area (TPSA) is 92.6 Å². The number of aromatic nitrogens is 2. The van der Waals surface area contributed by atoms with Crippen molar-refractivity contribution in [3.05, 3.63) is 88.8 Å². The fraction of sp³-hybridized carbons (Fsp3) is 0.154. The van der Waals surface area contributed by atoms with E-state index in [0.717, 1.165) is 21.3 Å². The van der Waals surface area contributed by atoms with Gasteiger partial charge in [-0.25, -0.2) is 4.98 Å². The summed E-state index contributed by atoms with van der Waals surface area (Å²) in [5.74, 6) is -1.36. The molecule has 4 aromatic rings. The van der Waals surface area contributed by atoms with Crippen LogP contribution in [0, 0.1) is 13.8 Å². The summed E-state index contributed by atoms with van der Waals surface area (Å²) in [6.07, 6.45) is 3.18. The van der Waals surface area contributed by atoms with Gasteiger partial charge in [0.15, 0.2) is 5.13 Å². The first-order valence-corrected chi connectivity index (χ1v) is 11.4. The van der Waals surface area contributed by atoms with Gasteiger partial charge in [-0.05, 0) is 60.9 Å². The number of para-hydroxylation sites is 1. The zero-order chi connectivity index (χ0) is 24.0. The Labute approximate surface area is 200 Å². The van der Waals surface area contributed by atoms with E-state index in [0.29, 0.717) is 22.0 Å². The lowest BCUT2D eigenvalue weighted by atomic mass is 9.94. The van der Waals surface area contributed by atoms with Crippen LogP contribution >= 0.6 is 11.3 Å². The van der Waals surface area contributed by atoms with E-state index in [9.17, 15) is 14.7 Å². The van der Waals surface area contributed by atoms with E-state index < -0.39 is 17.7 Å². The van der Waals surface area contributed by atoms with Crippen molar-refractivity contribution in [2.75, 3.05) is 12.0 Å². The highest BCUT2D eigenvalue weighted by Gasteiger charge is 2.48. The fourth-order valence-corrected chi connectivity index (χ4v) is 5.39. The second kappa shape index (κ2) is 8.39. The molecule has 3 heterocycles. The molecule has 34 heavy (non-hydrogen) atoms. The molecule has 1 saturated heterocycles. The number of hydrogen-bond donors (Lipinski definition) is 1. The minimum Gasteiger partial charge on any atom is -0.507 e. The molecule has 5 rings (SSSR count). The summed E-state index contributed by atoms with van der Waals surface area (Å²) in [4.78, 5) is 36.8. The van der Waals surface area contributed by atoms with Gasteiger partial charge in [-0.3, -0.25) is 19.5 Å². The number of pyridine rings is 1. The molecule has 7 nitrogen and oxygen atoms in total. The van der Waals surface area contributed by atoms with Crippen LogP contribution in [0.3, 0.4) is 0 Å². The number of carbonyl (C=O) groups is 2. The summed E-state index contributed by atoms with van der Waals surface area (Å²) >= 11 is 1.32. The number of nitrogens with zero attached hydrogens (tertiary/aromatic N) is 3. The number of aliphatic hydroxyl groups is 1. The van der Waals surface area contributed by atoms with Crippen molar-refractivity contribution < 1.29 is 19.4 Å². The number of hydrogen-bond acceptors (Lipinski definition) is 7. The quantitative estimate of drug-likeness (QED) is 0.257. The Balaban J connectivity index is 1.77. The van der Waals surface area contributed by atoms with Gasteiger partial charge in [-0.15, -0.1) is 0 Å². The Morgan fingerprint density at radius 3 is 2.53 bits per heavy atom. The van der Waals surface area contributed by atoms with Gasteiger partial charge in [-0.1, -0.05) is 29.5 Å². The minimum absolute atomic E-state index is 0.0150. The van der Waals surface area contributed by atoms with Gasteiger partial charge in [0.05, 0.1) is 34.5 Å². The second-order valence-corrected chi connectivity index (χ2v) is 9.09. The minimum atomic E-state index is -0.867. The van der Waals surface area contributed by atoms with E-state index in [1.165, 1.54) is 23.3 Å². The number of fused-ring (bicyclic) bond motifs is 1. The SMILES string of the molecule is COc1c(C)cc(C)cc1/C(O)=C1\C(=O)C(=O)N(c2nc3ccccc3s2)C1c1ccncc1. The maximum absolute atomic E-state index is 13.4. The van der Waals surface area contributed by atoms with Gasteiger partial charge in [0.25, 0.3) is 5.78 Å². The lowest BCUT2D eigenvalue weighted by Gasteiger charge is -2.23. The lowest BCUT2D eigenvalue weighted by Crippen LogP contribution is -2.29. The number of carbonyl (C=O) groups excluding carboxylic acids is 2. The number of Topliss-reactive ketones (excluding diaryl/α,β-unsaturated/α-hetero) is 1. The zero-order valence-corrected chi connectivity index (χ0v) is 19.6. The number of methoxy groups -OCH3 is 1. The van der Waals surface area contributed by atoms with Crippen molar-refractivity contribution in [2.45, 2.75) is 19.9 Å². The Morgan fingerprint density at radius 2 is 1.82 bits per heavy atom. The number of thiazole rings is 1.